The van der Waals surface area contributed by atoms with E-state index in [1.165, 1.54) is 0 Å². The van der Waals surface area contributed by atoms with Crippen molar-refractivity contribution in [3.8, 4) is 0 Å². The summed E-state index contributed by atoms with van der Waals surface area (Å²) in [5, 5.41) is 121. The van der Waals surface area contributed by atoms with Crippen LogP contribution < -0.4 is 0 Å². The van der Waals surface area contributed by atoms with Gasteiger partial charge in [-0.3, -0.25) is 0 Å². The van der Waals surface area contributed by atoms with Gasteiger partial charge in [0.1, 0.15) is 67.1 Å². The molecular weight excluding hydrogens is 1040 g/mol. The molecular formula is C57H88O22. The average molecular weight is 1130 g/mol. The molecule has 11 N–H and O–H groups in total. The second-order valence-electron chi connectivity index (χ2n) is 26.0. The zero-order valence-corrected chi connectivity index (χ0v) is 47.3. The molecule has 7 fully saturated rings. The van der Waals surface area contributed by atoms with Crippen LogP contribution in [0.4, 0.5) is 0 Å². The highest BCUT2D eigenvalue weighted by atomic mass is 16.8. The summed E-state index contributed by atoms with van der Waals surface area (Å²) in [4.78, 5) is 40.3. The van der Waals surface area contributed by atoms with Crippen molar-refractivity contribution in [1.29, 1.82) is 0 Å². The number of carbonyl (C=O) groups is 3. The van der Waals surface area contributed by atoms with E-state index in [-0.39, 0.29) is 23.7 Å². The molecule has 0 bridgehead atoms. The topological polar surface area (TPSA) is 348 Å². The van der Waals surface area contributed by atoms with Crippen LogP contribution in [0.2, 0.25) is 0 Å². The molecule has 0 amide bonds. The molecule has 22 nitrogen and oxygen atoms in total. The molecule has 22 heteroatoms. The van der Waals surface area contributed by atoms with E-state index in [0.29, 0.717) is 49.7 Å². The number of hydrogen-bond donors (Lipinski definition) is 11. The van der Waals surface area contributed by atoms with Crippen LogP contribution in [0.3, 0.4) is 0 Å². The van der Waals surface area contributed by atoms with Crippen molar-refractivity contribution in [3.05, 3.63) is 34.9 Å². The highest BCUT2D eigenvalue weighted by molar-refractivity contribution is 5.89. The number of rotatable bonds is 13. The molecule has 3 saturated heterocycles. The Bertz CT molecular complexity index is 2350. The first-order chi connectivity index (χ1) is 36.9. The zero-order valence-electron chi connectivity index (χ0n) is 47.3. The van der Waals surface area contributed by atoms with Gasteiger partial charge in [-0.1, -0.05) is 72.3 Å². The third-order valence-electron chi connectivity index (χ3n) is 21.2. The van der Waals surface area contributed by atoms with E-state index < -0.39 is 181 Å². The summed E-state index contributed by atoms with van der Waals surface area (Å²) >= 11 is 0. The largest absolute Gasteiger partial charge is 0.479 e. The molecule has 0 spiro atoms. The van der Waals surface area contributed by atoms with Crippen molar-refractivity contribution in [2.45, 2.75) is 232 Å². The summed E-state index contributed by atoms with van der Waals surface area (Å²) in [7, 11) is 0. The maximum absolute atomic E-state index is 13.8. The Hall–Kier alpha value is -3.01. The summed E-state index contributed by atoms with van der Waals surface area (Å²) in [5.41, 5.74) is -2.71. The number of esters is 2. The van der Waals surface area contributed by atoms with Crippen molar-refractivity contribution in [2.75, 3.05) is 19.8 Å². The van der Waals surface area contributed by atoms with E-state index >= 15 is 0 Å². The molecule has 3 unspecified atom stereocenters. The van der Waals surface area contributed by atoms with E-state index in [9.17, 15) is 70.6 Å². The molecule has 3 heterocycles. The number of allylic oxidation sites excluding steroid dienone is 4. The molecule has 3 aliphatic heterocycles. The van der Waals surface area contributed by atoms with E-state index in [0.717, 1.165) is 5.57 Å². The Morgan fingerprint density at radius 3 is 1.89 bits per heavy atom. The van der Waals surface area contributed by atoms with Crippen LogP contribution in [0, 0.1) is 50.2 Å². The van der Waals surface area contributed by atoms with Gasteiger partial charge in [-0.25, -0.2) is 14.4 Å². The smallest absolute Gasteiger partial charge is 0.335 e. The lowest BCUT2D eigenvalue weighted by molar-refractivity contribution is -0.392. The van der Waals surface area contributed by atoms with Crippen LogP contribution in [-0.4, -0.2) is 204 Å². The monoisotopic (exact) mass is 1120 g/mol. The molecule has 4 saturated carbocycles. The Labute approximate surface area is 461 Å². The number of hydrogen-bond acceptors (Lipinski definition) is 21. The molecule has 79 heavy (non-hydrogen) atoms. The SMILES string of the molecule is C/C=C(/C)C(=O)O[C@H]1[C@H](OC(=O)/C(C)=C\C)[C@@]2(CO)C(CC1(C)C)C1=CCC3[C@@]4(C)CC[C@H](O[C@@H]5O[C@H](C(=O)O)[C@@H](O)[C@H](O[C@@H]6OC[C@@H](O)[C@H](O)[C@H]6O)[C@H]5O[C@@H]5O[C@H](CO)[C@H](O)[C@H](O)[C@H]5O)C(C)(C)C4CC[C@@]3(C)[C@]1(C)C[C@H]2O. The minimum Gasteiger partial charge on any atom is -0.479 e. The fourth-order valence-corrected chi connectivity index (χ4v) is 16.1. The van der Waals surface area contributed by atoms with Gasteiger partial charge in [-0.15, -0.1) is 0 Å². The van der Waals surface area contributed by atoms with Gasteiger partial charge in [0, 0.05) is 16.6 Å². The summed E-state index contributed by atoms with van der Waals surface area (Å²) in [6.45, 7) is 19.6. The highest BCUT2D eigenvalue weighted by Crippen LogP contribution is 2.76. The van der Waals surface area contributed by atoms with Gasteiger partial charge in [0.2, 0.25) is 0 Å². The van der Waals surface area contributed by atoms with Crippen LogP contribution in [0.1, 0.15) is 121 Å². The molecule has 0 aromatic heterocycles. The standard InChI is InChI=1S/C57H88O22/c1-12-25(3)47(70)78-44-45(79-48(71)26(4)13-2)57(24-59)28(20-52(44,5)6)27-14-15-32-54(9)18-17-34(53(7,8)31(54)16-19-55(32,10)56(27,11)21-33(57)61)74-51-43(77-50-39(66)37(64)36(63)30(22-58)73-50)41(40(67)42(76-51)46(68)69)75-49-38(65)35(62)29(60)23-72-49/h12-14,28-45,49-51,58-67H,15-24H2,1-11H3,(H,68,69)/b25-12-,26-13-/t28?,29-,30-,31?,32?,33-,34+,35+,36+,37+,38-,39-,40+,41+,42+,43-,44+,45+,49+,50+,51-,54+,55-,56-,57+/m1/s1. The molecule has 0 aromatic rings. The number of carboxylic acids is 1. The van der Waals surface area contributed by atoms with Gasteiger partial charge in [0.25, 0.3) is 0 Å². The van der Waals surface area contributed by atoms with Gasteiger partial charge in [0.05, 0.1) is 37.4 Å². The lowest BCUT2D eigenvalue weighted by atomic mass is 9.33. The summed E-state index contributed by atoms with van der Waals surface area (Å²) in [5.74, 6) is -3.40. The number of aliphatic hydroxyl groups excluding tert-OH is 10. The van der Waals surface area contributed by atoms with E-state index in [2.05, 4.69) is 40.7 Å². The Morgan fingerprint density at radius 1 is 0.684 bits per heavy atom. The molecule has 0 aromatic carbocycles. The molecule has 0 radical (unpaired) electrons. The number of aliphatic hydroxyl groups is 10. The predicted molar refractivity (Wildman–Crippen MR) is 275 cm³/mol. The van der Waals surface area contributed by atoms with Crippen molar-refractivity contribution in [3.63, 3.8) is 0 Å². The number of carbonyl (C=O) groups excluding carboxylic acids is 2. The lowest BCUT2D eigenvalue weighted by Gasteiger charge is -2.72. The normalized spacial score (nSPS) is 48.7. The lowest BCUT2D eigenvalue weighted by Crippen LogP contribution is -2.72. The number of fused-ring (bicyclic) bond motifs is 7. The molecule has 8 rings (SSSR count). The zero-order chi connectivity index (χ0) is 58.4. The predicted octanol–water partition coefficient (Wildman–Crippen LogP) is 1.29. The van der Waals surface area contributed by atoms with E-state index in [4.69, 9.17) is 37.9 Å². The molecule has 448 valence electrons. The van der Waals surface area contributed by atoms with Gasteiger partial charge in [-0.05, 0) is 112 Å². The third-order valence-corrected chi connectivity index (χ3v) is 21.2. The summed E-state index contributed by atoms with van der Waals surface area (Å²) in [6.07, 6.45) is -20.6. The first-order valence-electron chi connectivity index (χ1n) is 28.0. The molecule has 8 aliphatic rings. The molecule has 25 atom stereocenters. The van der Waals surface area contributed by atoms with E-state index in [1.54, 1.807) is 39.8 Å². The van der Waals surface area contributed by atoms with Crippen molar-refractivity contribution >= 4 is 17.9 Å². The second-order valence-corrected chi connectivity index (χ2v) is 26.0. The van der Waals surface area contributed by atoms with Gasteiger partial charge in [-0.2, -0.15) is 0 Å². The Kier molecular flexibility index (Phi) is 17.7. The Morgan fingerprint density at radius 2 is 1.29 bits per heavy atom. The number of carboxylic acid groups (broad SMARTS) is 1. The van der Waals surface area contributed by atoms with Crippen molar-refractivity contribution in [1.82, 2.24) is 0 Å². The summed E-state index contributed by atoms with van der Waals surface area (Å²) < 4.78 is 49.1. The second kappa shape index (κ2) is 22.5. The average Bonchev–Trinajstić information content (AvgIpc) is 3.49. The minimum absolute atomic E-state index is 0.0231. The van der Waals surface area contributed by atoms with Gasteiger partial charge < -0.3 is 94.1 Å². The first kappa shape index (κ1) is 62.0. The minimum atomic E-state index is -2.10. The quantitative estimate of drug-likeness (QED) is 0.0536. The van der Waals surface area contributed by atoms with Crippen molar-refractivity contribution in [2.24, 2.45) is 50.2 Å². The first-order valence-corrected chi connectivity index (χ1v) is 28.0. The Balaban J connectivity index is 1.12. The fraction of sp³-hybridized carbons (Fsp3) is 0.842. The van der Waals surface area contributed by atoms with E-state index in [1.807, 2.05) is 13.8 Å². The number of aliphatic carboxylic acids is 1. The highest BCUT2D eigenvalue weighted by Gasteiger charge is 2.74. The van der Waals surface area contributed by atoms with Crippen LogP contribution in [-0.2, 0) is 52.3 Å². The number of ether oxygens (including phenoxy) is 8. The van der Waals surface area contributed by atoms with Gasteiger partial charge in [0.15, 0.2) is 31.1 Å². The maximum Gasteiger partial charge on any atom is 0.335 e. The molecule has 5 aliphatic carbocycles. The van der Waals surface area contributed by atoms with Crippen molar-refractivity contribution < 1.29 is 108 Å². The maximum atomic E-state index is 13.8. The van der Waals surface area contributed by atoms with Crippen LogP contribution >= 0.6 is 0 Å². The van der Waals surface area contributed by atoms with Crippen LogP contribution in [0.5, 0.6) is 0 Å². The van der Waals surface area contributed by atoms with Crippen LogP contribution in [0.15, 0.2) is 34.9 Å². The third kappa shape index (κ3) is 10.1. The fourth-order valence-electron chi connectivity index (χ4n) is 16.1. The van der Waals surface area contributed by atoms with Crippen LogP contribution in [0.25, 0.3) is 0 Å². The summed E-state index contributed by atoms with van der Waals surface area (Å²) in [6, 6.07) is 0. The van der Waals surface area contributed by atoms with Gasteiger partial charge >= 0.3 is 17.9 Å².